The van der Waals surface area contributed by atoms with Crippen molar-refractivity contribution in [3.8, 4) is 17.7 Å². The van der Waals surface area contributed by atoms with Crippen LogP contribution in [0.25, 0.3) is 0 Å². The van der Waals surface area contributed by atoms with Crippen molar-refractivity contribution in [1.29, 1.82) is 0 Å². The lowest BCUT2D eigenvalue weighted by Gasteiger charge is -2.37. The number of aliphatic hydroxyl groups excluding tert-OH is 1. The highest BCUT2D eigenvalue weighted by atomic mass is 19.1. The fourth-order valence-electron chi connectivity index (χ4n) is 3.95. The van der Waals surface area contributed by atoms with Crippen molar-refractivity contribution in [2.75, 3.05) is 26.7 Å². The summed E-state index contributed by atoms with van der Waals surface area (Å²) in [4.78, 5) is 21.7. The maximum absolute atomic E-state index is 13.4. The highest BCUT2D eigenvalue weighted by molar-refractivity contribution is 5.97. The van der Waals surface area contributed by atoms with Crippen molar-refractivity contribution in [2.45, 2.75) is 52.3 Å². The molecule has 34 heavy (non-hydrogen) atoms. The predicted molar refractivity (Wildman–Crippen MR) is 130 cm³/mol. The Hall–Kier alpha value is -2.95. The molecule has 3 rings (SSSR count). The number of unbranched alkanes of at least 4 members (excludes halogenated alkanes) is 1. The van der Waals surface area contributed by atoms with Crippen LogP contribution in [-0.4, -0.2) is 64.7 Å². The summed E-state index contributed by atoms with van der Waals surface area (Å²) in [5.41, 5.74) is 2.03. The van der Waals surface area contributed by atoms with E-state index < -0.39 is 0 Å². The van der Waals surface area contributed by atoms with Crippen LogP contribution in [0.1, 0.15) is 55.1 Å². The van der Waals surface area contributed by atoms with Crippen LogP contribution in [0.3, 0.4) is 0 Å². The molecule has 0 saturated carbocycles. The number of rotatable bonds is 7. The molecule has 7 heteroatoms. The van der Waals surface area contributed by atoms with E-state index >= 15 is 0 Å². The van der Waals surface area contributed by atoms with Gasteiger partial charge in [0.25, 0.3) is 5.91 Å². The molecule has 1 amide bonds. The van der Waals surface area contributed by atoms with E-state index in [-0.39, 0.29) is 42.3 Å². The van der Waals surface area contributed by atoms with Gasteiger partial charge in [-0.1, -0.05) is 37.8 Å². The molecule has 1 aliphatic heterocycles. The number of aliphatic hydroxyl groups is 1. The maximum Gasteiger partial charge on any atom is 0.259 e. The van der Waals surface area contributed by atoms with Crippen LogP contribution in [0, 0.1) is 23.6 Å². The third kappa shape index (κ3) is 6.55. The molecule has 2 heterocycles. The smallest absolute Gasteiger partial charge is 0.259 e. The van der Waals surface area contributed by atoms with Gasteiger partial charge in [0.05, 0.1) is 12.6 Å². The van der Waals surface area contributed by atoms with Gasteiger partial charge in [-0.3, -0.25) is 9.69 Å². The number of likely N-dealkylation sites (N-methyl/N-ethyl adjacent to an activating group) is 1. The van der Waals surface area contributed by atoms with Gasteiger partial charge in [0.15, 0.2) is 0 Å². The summed E-state index contributed by atoms with van der Waals surface area (Å²) < 4.78 is 19.6. The number of ether oxygens (including phenoxy) is 1. The number of amides is 1. The molecule has 1 aromatic heterocycles. The molecule has 6 nitrogen and oxygen atoms in total. The van der Waals surface area contributed by atoms with Crippen LogP contribution in [-0.2, 0) is 6.54 Å². The first-order valence-corrected chi connectivity index (χ1v) is 11.8. The molecule has 0 unspecified atom stereocenters. The highest BCUT2D eigenvalue weighted by Gasteiger charge is 2.34. The molecule has 0 bridgehead atoms. The molecular formula is C27H34FN3O3. The Kier molecular flexibility index (Phi) is 9.03. The van der Waals surface area contributed by atoms with Crippen molar-refractivity contribution >= 4 is 5.91 Å². The zero-order valence-electron chi connectivity index (χ0n) is 20.4. The molecule has 1 N–H and O–H groups in total. The lowest BCUT2D eigenvalue weighted by Crippen LogP contribution is -2.49. The fraction of sp³-hybridized carbons (Fsp3) is 0.481. The summed E-state index contributed by atoms with van der Waals surface area (Å²) in [6.07, 6.45) is 3.13. The van der Waals surface area contributed by atoms with Crippen LogP contribution in [0.4, 0.5) is 4.39 Å². The lowest BCUT2D eigenvalue weighted by molar-refractivity contribution is 0.0325. The number of hydrogen-bond acceptors (Lipinski definition) is 5. The second-order valence-electron chi connectivity index (χ2n) is 9.07. The van der Waals surface area contributed by atoms with E-state index in [0.717, 1.165) is 18.4 Å². The summed E-state index contributed by atoms with van der Waals surface area (Å²) in [5, 5.41) is 9.80. The monoisotopic (exact) mass is 467 g/mol. The number of carbonyl (C=O) groups excluding carboxylic acids is 1. The first-order valence-electron chi connectivity index (χ1n) is 11.8. The van der Waals surface area contributed by atoms with Gasteiger partial charge in [-0.15, -0.1) is 0 Å². The van der Waals surface area contributed by atoms with Gasteiger partial charge in [0.1, 0.15) is 17.5 Å². The molecule has 1 aliphatic rings. The number of nitrogens with zero attached hydrogens (tertiary/aromatic N) is 3. The predicted octanol–water partition coefficient (Wildman–Crippen LogP) is 3.72. The van der Waals surface area contributed by atoms with Gasteiger partial charge < -0.3 is 14.7 Å². The molecule has 0 spiro atoms. The number of halogens is 1. The normalized spacial score (nSPS) is 18.9. The average molecular weight is 468 g/mol. The fourth-order valence-corrected chi connectivity index (χ4v) is 3.95. The molecule has 0 radical (unpaired) electrons. The molecule has 0 aliphatic carbocycles. The molecule has 1 aromatic carbocycles. The molecule has 182 valence electrons. The maximum atomic E-state index is 13.4. The molecular weight excluding hydrogens is 433 g/mol. The van der Waals surface area contributed by atoms with Crippen molar-refractivity contribution in [3.63, 3.8) is 0 Å². The first-order chi connectivity index (χ1) is 16.3. The van der Waals surface area contributed by atoms with Gasteiger partial charge in [0, 0.05) is 43.7 Å². The van der Waals surface area contributed by atoms with Crippen LogP contribution in [0.15, 0.2) is 36.5 Å². The average Bonchev–Trinajstić information content (AvgIpc) is 2.82. The van der Waals surface area contributed by atoms with E-state index in [1.807, 2.05) is 20.9 Å². The summed E-state index contributed by atoms with van der Waals surface area (Å²) >= 11 is 0. The number of hydrogen-bond donors (Lipinski definition) is 1. The number of pyridine rings is 1. The number of fused-ring (bicyclic) bond motifs is 1. The lowest BCUT2D eigenvalue weighted by atomic mass is 9.99. The molecule has 2 aromatic rings. The largest absolute Gasteiger partial charge is 0.472 e. The van der Waals surface area contributed by atoms with E-state index in [1.165, 1.54) is 12.1 Å². The van der Waals surface area contributed by atoms with Gasteiger partial charge in [-0.05, 0) is 44.2 Å². The van der Waals surface area contributed by atoms with E-state index in [0.29, 0.717) is 30.8 Å². The Bertz CT molecular complexity index is 1030. The van der Waals surface area contributed by atoms with Crippen LogP contribution >= 0.6 is 0 Å². The van der Waals surface area contributed by atoms with E-state index in [1.54, 1.807) is 29.3 Å². The minimum Gasteiger partial charge on any atom is -0.472 e. The second kappa shape index (κ2) is 12.0. The SMILES string of the molecule is CCCC#Cc1cnc2c(c1)C(=O)N([C@H](C)CO)C[C@H](C)[C@@H](CN(C)Cc1ccc(F)cc1)O2. The minimum absolute atomic E-state index is 0.00686. The van der Waals surface area contributed by atoms with Gasteiger partial charge >= 0.3 is 0 Å². The molecule has 0 saturated heterocycles. The molecule has 3 atom stereocenters. The number of benzene rings is 1. The van der Waals surface area contributed by atoms with Crippen molar-refractivity contribution in [1.82, 2.24) is 14.8 Å². The third-order valence-electron chi connectivity index (χ3n) is 5.99. The van der Waals surface area contributed by atoms with E-state index in [2.05, 4.69) is 28.6 Å². The van der Waals surface area contributed by atoms with E-state index in [4.69, 9.17) is 4.74 Å². The third-order valence-corrected chi connectivity index (χ3v) is 5.99. The van der Waals surface area contributed by atoms with Gasteiger partial charge in [0.2, 0.25) is 5.88 Å². The van der Waals surface area contributed by atoms with Crippen LogP contribution in [0.2, 0.25) is 0 Å². The van der Waals surface area contributed by atoms with Gasteiger partial charge in [-0.2, -0.15) is 0 Å². The Balaban J connectivity index is 1.88. The highest BCUT2D eigenvalue weighted by Crippen LogP contribution is 2.27. The summed E-state index contributed by atoms with van der Waals surface area (Å²) in [5.74, 6) is 5.97. The summed E-state index contributed by atoms with van der Waals surface area (Å²) in [6, 6.07) is 7.86. The van der Waals surface area contributed by atoms with E-state index in [9.17, 15) is 14.3 Å². The topological polar surface area (TPSA) is 65.9 Å². The summed E-state index contributed by atoms with van der Waals surface area (Å²) in [6.45, 7) is 7.47. The Morgan fingerprint density at radius 3 is 2.76 bits per heavy atom. The first kappa shape index (κ1) is 25.7. The quantitative estimate of drug-likeness (QED) is 0.629. The van der Waals surface area contributed by atoms with Crippen molar-refractivity contribution in [2.24, 2.45) is 5.92 Å². The van der Waals surface area contributed by atoms with Crippen molar-refractivity contribution in [3.05, 3.63) is 59.0 Å². The second-order valence-corrected chi connectivity index (χ2v) is 9.07. The zero-order chi connectivity index (χ0) is 24.7. The van der Waals surface area contributed by atoms with Crippen LogP contribution < -0.4 is 4.74 Å². The minimum atomic E-state index is -0.340. The number of aromatic nitrogens is 1. The summed E-state index contributed by atoms with van der Waals surface area (Å²) in [7, 11) is 1.98. The Morgan fingerprint density at radius 1 is 1.35 bits per heavy atom. The Morgan fingerprint density at radius 2 is 2.09 bits per heavy atom. The Labute approximate surface area is 201 Å². The van der Waals surface area contributed by atoms with Gasteiger partial charge in [-0.25, -0.2) is 9.37 Å². The number of carbonyl (C=O) groups is 1. The van der Waals surface area contributed by atoms with Crippen molar-refractivity contribution < 1.29 is 19.0 Å². The molecule has 0 fully saturated rings. The van der Waals surface area contributed by atoms with Crippen LogP contribution in [0.5, 0.6) is 5.88 Å². The zero-order valence-corrected chi connectivity index (χ0v) is 20.4. The standard InChI is InChI=1S/C27H34FN3O3/c1-5-6-7-8-22-13-24-26(29-14-22)34-25(19(2)15-31(27(24)33)20(3)18-32)17-30(4)16-21-9-11-23(28)12-10-21/h9-14,19-20,25,32H,5-6,15-18H2,1-4H3/t19-,20+,25+/m0/s1.